The number of nitrogens with one attached hydrogen (secondary N) is 2. The van der Waals surface area contributed by atoms with Crippen molar-refractivity contribution >= 4 is 29.9 Å². The fourth-order valence-electron chi connectivity index (χ4n) is 1.98. The van der Waals surface area contributed by atoms with Crippen molar-refractivity contribution in [1.82, 2.24) is 15.5 Å². The van der Waals surface area contributed by atoms with Gasteiger partial charge in [-0.1, -0.05) is 6.07 Å². The number of methoxy groups -OCH3 is 1. The maximum absolute atomic E-state index is 13.8. The van der Waals surface area contributed by atoms with E-state index in [-0.39, 0.29) is 35.4 Å². The number of hydrogen-bond acceptors (Lipinski definition) is 3. The standard InChI is InChI=1S/C17H29FN4O.HI/c1-17(2,23-6)12-21-16(19-3)20-10-13-7-8-15(18)14(9-13)11-22(4)5;/h7-9H,10-12H2,1-6H3,(H2,19,20,21);1H. The fraction of sp³-hybridized carbons (Fsp3) is 0.588. The molecule has 1 aromatic rings. The molecule has 138 valence electrons. The summed E-state index contributed by atoms with van der Waals surface area (Å²) < 4.78 is 19.2. The Hall–Kier alpha value is -0.930. The van der Waals surface area contributed by atoms with Crippen LogP contribution in [0.4, 0.5) is 4.39 Å². The molecular formula is C17H30FIN4O. The molecule has 0 heterocycles. The maximum atomic E-state index is 13.8. The van der Waals surface area contributed by atoms with Crippen LogP contribution in [0.3, 0.4) is 0 Å². The molecule has 0 fully saturated rings. The van der Waals surface area contributed by atoms with Gasteiger partial charge in [0.05, 0.1) is 5.60 Å². The first kappa shape index (κ1) is 23.1. The zero-order valence-corrected chi connectivity index (χ0v) is 17.8. The zero-order valence-electron chi connectivity index (χ0n) is 15.4. The Bertz CT molecular complexity index is 535. The van der Waals surface area contributed by atoms with Gasteiger partial charge in [0.15, 0.2) is 5.96 Å². The Morgan fingerprint density at radius 2 is 1.96 bits per heavy atom. The van der Waals surface area contributed by atoms with Crippen LogP contribution in [0.2, 0.25) is 0 Å². The number of hydrogen-bond donors (Lipinski definition) is 2. The van der Waals surface area contributed by atoms with Crippen molar-refractivity contribution in [3.63, 3.8) is 0 Å². The number of guanidine groups is 1. The molecule has 0 spiro atoms. The molecule has 0 unspecified atom stereocenters. The van der Waals surface area contributed by atoms with Crippen LogP contribution >= 0.6 is 24.0 Å². The Morgan fingerprint density at radius 3 is 2.50 bits per heavy atom. The van der Waals surface area contributed by atoms with Crippen LogP contribution in [0.25, 0.3) is 0 Å². The molecule has 0 radical (unpaired) electrons. The van der Waals surface area contributed by atoms with E-state index in [2.05, 4.69) is 15.6 Å². The topological polar surface area (TPSA) is 48.9 Å². The lowest BCUT2D eigenvalue weighted by Crippen LogP contribution is -2.45. The van der Waals surface area contributed by atoms with Crippen molar-refractivity contribution in [2.24, 2.45) is 4.99 Å². The second-order valence-corrected chi connectivity index (χ2v) is 6.41. The SMILES string of the molecule is CN=C(NCc1ccc(F)c(CN(C)C)c1)NCC(C)(C)OC.I. The zero-order chi connectivity index (χ0) is 17.5. The highest BCUT2D eigenvalue weighted by Gasteiger charge is 2.16. The summed E-state index contributed by atoms with van der Waals surface area (Å²) in [5, 5.41) is 6.45. The molecule has 7 heteroatoms. The second-order valence-electron chi connectivity index (χ2n) is 6.41. The molecule has 24 heavy (non-hydrogen) atoms. The summed E-state index contributed by atoms with van der Waals surface area (Å²) in [6.45, 7) is 5.79. The van der Waals surface area contributed by atoms with Crippen LogP contribution in [-0.4, -0.2) is 51.3 Å². The van der Waals surface area contributed by atoms with E-state index < -0.39 is 0 Å². The molecule has 0 saturated carbocycles. The van der Waals surface area contributed by atoms with Crippen LogP contribution < -0.4 is 10.6 Å². The van der Waals surface area contributed by atoms with Gasteiger partial charge in [0.25, 0.3) is 0 Å². The smallest absolute Gasteiger partial charge is 0.191 e. The van der Waals surface area contributed by atoms with Gasteiger partial charge in [-0.15, -0.1) is 24.0 Å². The molecule has 0 aliphatic carbocycles. The summed E-state index contributed by atoms with van der Waals surface area (Å²) in [5.74, 6) is 0.514. The molecular weight excluding hydrogens is 422 g/mol. The van der Waals surface area contributed by atoms with Gasteiger partial charge in [-0.25, -0.2) is 4.39 Å². The Kier molecular flexibility index (Phi) is 10.4. The highest BCUT2D eigenvalue weighted by atomic mass is 127. The largest absolute Gasteiger partial charge is 0.377 e. The van der Waals surface area contributed by atoms with Gasteiger partial charge in [-0.05, 0) is 45.6 Å². The van der Waals surface area contributed by atoms with E-state index in [4.69, 9.17) is 4.74 Å². The summed E-state index contributed by atoms with van der Waals surface area (Å²) in [5.41, 5.74) is 1.43. The van der Waals surface area contributed by atoms with Gasteiger partial charge in [0.1, 0.15) is 5.82 Å². The Balaban J connectivity index is 0.00000529. The number of ether oxygens (including phenoxy) is 1. The van der Waals surface area contributed by atoms with Crippen molar-refractivity contribution in [2.75, 3.05) is 34.8 Å². The fourth-order valence-corrected chi connectivity index (χ4v) is 1.98. The average molecular weight is 452 g/mol. The molecule has 2 N–H and O–H groups in total. The Morgan fingerprint density at radius 1 is 1.29 bits per heavy atom. The molecule has 0 aromatic heterocycles. The maximum Gasteiger partial charge on any atom is 0.191 e. The molecule has 0 saturated heterocycles. The van der Waals surface area contributed by atoms with E-state index in [1.165, 1.54) is 6.07 Å². The quantitative estimate of drug-likeness (QED) is 0.380. The minimum absolute atomic E-state index is 0. The highest BCUT2D eigenvalue weighted by Crippen LogP contribution is 2.12. The third-order valence-electron chi connectivity index (χ3n) is 3.51. The first-order chi connectivity index (χ1) is 10.8. The molecule has 1 rings (SSSR count). The van der Waals surface area contributed by atoms with E-state index in [9.17, 15) is 4.39 Å². The summed E-state index contributed by atoms with van der Waals surface area (Å²) in [6.07, 6.45) is 0. The van der Waals surface area contributed by atoms with Gasteiger partial charge in [0, 0.05) is 39.4 Å². The molecule has 0 bridgehead atoms. The summed E-state index contributed by atoms with van der Waals surface area (Å²) in [7, 11) is 7.25. The van der Waals surface area contributed by atoms with E-state index >= 15 is 0 Å². The van der Waals surface area contributed by atoms with Gasteiger partial charge in [-0.2, -0.15) is 0 Å². The molecule has 0 aliphatic heterocycles. The third-order valence-corrected chi connectivity index (χ3v) is 3.51. The number of nitrogens with zero attached hydrogens (tertiary/aromatic N) is 2. The van der Waals surface area contributed by atoms with Gasteiger partial charge >= 0.3 is 0 Å². The molecule has 5 nitrogen and oxygen atoms in total. The molecule has 0 atom stereocenters. The van der Waals surface area contributed by atoms with Gasteiger partial charge in [0.2, 0.25) is 0 Å². The van der Waals surface area contributed by atoms with Gasteiger partial charge < -0.3 is 20.3 Å². The van der Waals surface area contributed by atoms with Crippen molar-refractivity contribution in [2.45, 2.75) is 32.5 Å². The van der Waals surface area contributed by atoms with Crippen LogP contribution in [0, 0.1) is 5.82 Å². The number of halogens is 2. The summed E-state index contributed by atoms with van der Waals surface area (Å²) in [6, 6.07) is 5.18. The first-order valence-electron chi connectivity index (χ1n) is 7.69. The normalized spacial score (nSPS) is 12.1. The predicted octanol–water partition coefficient (Wildman–Crippen LogP) is 2.60. The third kappa shape index (κ3) is 8.25. The lowest BCUT2D eigenvalue weighted by atomic mass is 10.1. The summed E-state index contributed by atoms with van der Waals surface area (Å²) in [4.78, 5) is 6.13. The minimum Gasteiger partial charge on any atom is -0.377 e. The lowest BCUT2D eigenvalue weighted by Gasteiger charge is -2.24. The van der Waals surface area contributed by atoms with Gasteiger partial charge in [-0.3, -0.25) is 4.99 Å². The number of benzene rings is 1. The first-order valence-corrected chi connectivity index (χ1v) is 7.69. The van der Waals surface area contributed by atoms with Crippen LogP contribution in [0.5, 0.6) is 0 Å². The van der Waals surface area contributed by atoms with Crippen LogP contribution in [0.15, 0.2) is 23.2 Å². The van der Waals surface area contributed by atoms with Crippen molar-refractivity contribution in [1.29, 1.82) is 0 Å². The second kappa shape index (κ2) is 10.8. The number of aliphatic imine (C=N–C) groups is 1. The lowest BCUT2D eigenvalue weighted by molar-refractivity contribution is 0.0268. The average Bonchev–Trinajstić information content (AvgIpc) is 2.50. The number of rotatable bonds is 7. The molecule has 0 aliphatic rings. The van der Waals surface area contributed by atoms with E-state index in [0.717, 1.165) is 5.56 Å². The van der Waals surface area contributed by atoms with Crippen molar-refractivity contribution in [3.8, 4) is 0 Å². The molecule has 0 amide bonds. The van der Waals surface area contributed by atoms with Crippen molar-refractivity contribution < 1.29 is 9.13 Å². The van der Waals surface area contributed by atoms with E-state index in [1.807, 2.05) is 38.9 Å². The van der Waals surface area contributed by atoms with E-state index in [0.29, 0.717) is 31.2 Å². The monoisotopic (exact) mass is 452 g/mol. The summed E-state index contributed by atoms with van der Waals surface area (Å²) >= 11 is 0. The predicted molar refractivity (Wildman–Crippen MR) is 108 cm³/mol. The highest BCUT2D eigenvalue weighted by molar-refractivity contribution is 14.0. The van der Waals surface area contributed by atoms with Crippen molar-refractivity contribution in [3.05, 3.63) is 35.1 Å². The van der Waals surface area contributed by atoms with Crippen LogP contribution in [-0.2, 0) is 17.8 Å². The Labute approximate surface area is 162 Å². The molecule has 1 aromatic carbocycles. The van der Waals surface area contributed by atoms with E-state index in [1.54, 1.807) is 20.2 Å². The minimum atomic E-state index is -0.271. The van der Waals surface area contributed by atoms with Crippen LogP contribution in [0.1, 0.15) is 25.0 Å².